The number of Topliss-reactive ketones (excluding diaryl/α,β-unsaturated/α-hetero) is 2. The van der Waals surface area contributed by atoms with Crippen molar-refractivity contribution in [2.24, 2.45) is 29.2 Å². The number of aromatic amines is 1. The number of H-pyrrole nitrogens is 1. The van der Waals surface area contributed by atoms with Crippen LogP contribution in [-0.4, -0.2) is 258 Å². The Morgan fingerprint density at radius 3 is 1.62 bits per heavy atom. The summed E-state index contributed by atoms with van der Waals surface area (Å²) in [6, 6.07) is 18.9. The molecule has 33 nitrogen and oxygen atoms in total. The molecular formula is C99H122F3N15O18S. The second kappa shape index (κ2) is 47.9. The van der Waals surface area contributed by atoms with Crippen molar-refractivity contribution in [3.8, 4) is 11.5 Å². The third-order valence-electron chi connectivity index (χ3n) is 25.5. The third kappa shape index (κ3) is 27.0. The van der Waals surface area contributed by atoms with Crippen LogP contribution in [0.4, 0.5) is 13.2 Å². The van der Waals surface area contributed by atoms with Gasteiger partial charge in [0.2, 0.25) is 70.9 Å². The number of rotatable bonds is 22. The number of thioether (sulfide) groups is 1. The number of para-hydroxylation sites is 1. The highest BCUT2D eigenvalue weighted by molar-refractivity contribution is 8.00. The van der Waals surface area contributed by atoms with Crippen molar-refractivity contribution < 1.29 is 100 Å². The third-order valence-corrected chi connectivity index (χ3v) is 26.5. The van der Waals surface area contributed by atoms with Crippen molar-refractivity contribution in [3.63, 3.8) is 0 Å². The van der Waals surface area contributed by atoms with Crippen molar-refractivity contribution >= 4 is 111 Å². The van der Waals surface area contributed by atoms with Crippen LogP contribution in [0.25, 0.3) is 10.9 Å². The predicted molar refractivity (Wildman–Crippen MR) is 499 cm³/mol. The number of nitrogens with zero attached hydrogens (tertiary/aromatic N) is 6. The summed E-state index contributed by atoms with van der Waals surface area (Å²) in [5.41, 5.74) is 14.8. The molecule has 13 N–H and O–H groups in total. The molecule has 4 fully saturated rings. The van der Waals surface area contributed by atoms with Gasteiger partial charge in [0.1, 0.15) is 84.2 Å². The monoisotopic (exact) mass is 1900 g/mol. The number of ketones is 2. The quantitative estimate of drug-likeness (QED) is 0.0347. The van der Waals surface area contributed by atoms with Gasteiger partial charge in [-0.1, -0.05) is 151 Å². The molecule has 0 aliphatic carbocycles. The summed E-state index contributed by atoms with van der Waals surface area (Å²) in [7, 11) is 3.97. The molecule has 728 valence electrons. The Balaban J connectivity index is 0.986. The zero-order valence-corrected chi connectivity index (χ0v) is 78.4. The van der Waals surface area contributed by atoms with Gasteiger partial charge in [0.25, 0.3) is 5.91 Å². The number of aromatic hydroxyl groups is 2. The highest BCUT2D eigenvalue weighted by Gasteiger charge is 2.50. The number of unbranched alkanes of at least 4 members (excludes halogenated alkanes) is 1. The largest absolute Gasteiger partial charge is 0.508 e. The van der Waals surface area contributed by atoms with Gasteiger partial charge in [-0.15, -0.1) is 11.8 Å². The molecule has 136 heavy (non-hydrogen) atoms. The molecular weight excluding hydrogens is 1780 g/mol. The zero-order valence-electron chi connectivity index (χ0n) is 77.5. The number of nitrogens with two attached hydrogens (primary N) is 2. The minimum Gasteiger partial charge on any atom is -0.508 e. The van der Waals surface area contributed by atoms with Crippen LogP contribution in [0.5, 0.6) is 11.5 Å². The lowest BCUT2D eigenvalue weighted by atomic mass is 9.86. The van der Waals surface area contributed by atoms with Gasteiger partial charge in [-0.05, 0) is 126 Å². The van der Waals surface area contributed by atoms with Crippen molar-refractivity contribution in [3.05, 3.63) is 203 Å². The molecule has 0 unspecified atom stereocenters. The molecule has 0 spiro atoms. The van der Waals surface area contributed by atoms with Crippen LogP contribution in [0.3, 0.4) is 0 Å². The topological polar surface area (TPSA) is 465 Å². The Kier molecular flexibility index (Phi) is 36.5. The van der Waals surface area contributed by atoms with E-state index in [9.17, 15) is 29.0 Å². The molecule has 11 rings (SSSR count). The molecule has 4 aliphatic rings. The first-order valence-electron chi connectivity index (χ1n) is 46.1. The molecule has 7 aromatic rings. The van der Waals surface area contributed by atoms with Gasteiger partial charge in [-0.2, -0.15) is 0 Å². The number of hydroxylamine groups is 2. The number of amides is 13. The number of primary amides is 1. The minimum absolute atomic E-state index is 0.00898. The van der Waals surface area contributed by atoms with Gasteiger partial charge in [0.05, 0.1) is 11.8 Å². The van der Waals surface area contributed by atoms with Gasteiger partial charge in [-0.25, -0.2) is 18.2 Å². The lowest BCUT2D eigenvalue weighted by Gasteiger charge is -2.38. The van der Waals surface area contributed by atoms with Crippen LogP contribution in [-0.2, 0) is 115 Å². The first-order chi connectivity index (χ1) is 64.9. The number of aromatic nitrogens is 1. The van der Waals surface area contributed by atoms with E-state index >= 15 is 66.3 Å². The van der Waals surface area contributed by atoms with Crippen LogP contribution in [0.1, 0.15) is 145 Å². The molecule has 5 heterocycles. The van der Waals surface area contributed by atoms with Crippen LogP contribution < -0.4 is 43.4 Å². The smallest absolute Gasteiger partial charge is 0.269 e. The lowest BCUT2D eigenvalue weighted by molar-refractivity contribution is -0.194. The highest BCUT2D eigenvalue weighted by Crippen LogP contribution is 2.33. The summed E-state index contributed by atoms with van der Waals surface area (Å²) in [4.78, 5) is 243. The Hall–Kier alpha value is -13.0. The van der Waals surface area contributed by atoms with E-state index in [1.807, 2.05) is 6.92 Å². The highest BCUT2D eigenvalue weighted by atomic mass is 32.2. The van der Waals surface area contributed by atoms with Crippen LogP contribution >= 0.6 is 11.8 Å². The number of hydrogen-bond acceptors (Lipinski definition) is 20. The summed E-state index contributed by atoms with van der Waals surface area (Å²) < 4.78 is 45.2. The number of halogens is 3. The van der Waals surface area contributed by atoms with Gasteiger partial charge >= 0.3 is 0 Å². The number of benzene rings is 6. The fourth-order valence-corrected chi connectivity index (χ4v) is 18.8. The maximum absolute atomic E-state index is 15.8. The predicted octanol–water partition coefficient (Wildman–Crippen LogP) is 5.99. The Morgan fingerprint density at radius 1 is 0.515 bits per heavy atom. The first kappa shape index (κ1) is 103. The molecule has 1 aromatic heterocycles. The van der Waals surface area contributed by atoms with Crippen LogP contribution in [0.2, 0.25) is 0 Å². The molecule has 0 bridgehead atoms. The molecule has 37 heteroatoms. The Bertz CT molecular complexity index is 5440. The van der Waals surface area contributed by atoms with Gasteiger partial charge < -0.3 is 83.1 Å². The molecule has 13 amide bonds. The number of nitrogens with one attached hydrogen (secondary N) is 7. The van der Waals surface area contributed by atoms with E-state index in [1.54, 1.807) is 131 Å². The summed E-state index contributed by atoms with van der Waals surface area (Å²) in [6.45, 7) is 8.64. The van der Waals surface area contributed by atoms with Crippen LogP contribution in [0, 0.1) is 35.2 Å². The van der Waals surface area contributed by atoms with Crippen LogP contribution in [0.15, 0.2) is 152 Å². The number of phenols is 2. The fourth-order valence-electron chi connectivity index (χ4n) is 17.9. The normalized spacial score (nSPS) is 24.5. The van der Waals surface area contributed by atoms with E-state index in [0.717, 1.165) is 26.6 Å². The number of hydrogen-bond donors (Lipinski definition) is 11. The second-order valence-electron chi connectivity index (χ2n) is 36.3. The average molecular weight is 1900 g/mol. The van der Waals surface area contributed by atoms with Crippen molar-refractivity contribution in [1.82, 2.24) is 66.4 Å². The number of carbonyl (C=O) groups is 15. The van der Waals surface area contributed by atoms with E-state index in [1.165, 1.54) is 72.2 Å². The molecule has 4 saturated heterocycles. The first-order valence-corrected chi connectivity index (χ1v) is 47.2. The van der Waals surface area contributed by atoms with E-state index in [4.69, 9.17) is 16.3 Å². The van der Waals surface area contributed by atoms with E-state index in [0.29, 0.717) is 63.7 Å². The zero-order chi connectivity index (χ0) is 98.5. The van der Waals surface area contributed by atoms with E-state index in [-0.39, 0.29) is 107 Å². The molecule has 0 saturated carbocycles. The van der Waals surface area contributed by atoms with Crippen molar-refractivity contribution in [1.29, 1.82) is 0 Å². The lowest BCUT2D eigenvalue weighted by Crippen LogP contribution is -2.61. The minimum atomic E-state index is -1.84. The van der Waals surface area contributed by atoms with Gasteiger partial charge in [0, 0.05) is 127 Å². The number of phenolic OH excluding ortho intramolecular Hbond substituents is 2. The Labute approximate surface area is 791 Å². The number of carbonyl (C=O) groups excluding carboxylic acids is 15. The van der Waals surface area contributed by atoms with Crippen molar-refractivity contribution in [2.75, 3.05) is 45.7 Å². The molecule has 6 aromatic carbocycles. The summed E-state index contributed by atoms with van der Waals surface area (Å²) in [5, 5.41) is 39.1. The number of likely N-dealkylation sites (N-methyl/N-ethyl adjacent to an activating group) is 3. The SMILES string of the molecule is CCCC[C@H]1C(=O)N2CCC[C@@H]2C(=O)N2O[C@H](N)C[C@H]2C(=O)C[C@@H](C(C)C)C(=O)N(C)[C@@H](Cc2ccccc2)C(=O)N[C@@H](Cc2ccc(O)cc2)C(=O)N2CCC[C@@H]2C(=O)N[C@@H](Cc2c[nH]c3ccccc23)C(=O)N[C@@H](Cc2ccc(O)cc2)C(=O)N[C@@H](CC(C)C)C(=O)N[C@H](C(=O)CCC(N)=O)CSCC(=O)N[C@@H](Cc2cc(F)c(F)c(F)c2)C(=O)N(C)[C@@H](Cc2ccccc2)C(=O)N1C. The summed E-state index contributed by atoms with van der Waals surface area (Å²) >= 11 is 0.735. The molecule has 4 aliphatic heterocycles. The number of fused-ring (bicyclic) bond motifs is 4. The fraction of sp³-hybridized carbons (Fsp3) is 0.465. The van der Waals surface area contributed by atoms with Gasteiger partial charge in [-0.3, -0.25) is 76.8 Å². The maximum Gasteiger partial charge on any atom is 0.269 e. The van der Waals surface area contributed by atoms with E-state index in [2.05, 4.69) is 36.9 Å². The standard InChI is InChI=1S/C99H122F3N15O18S/c1-9-10-27-78-98(133)116-41-20-29-79(116)99(134)117-80(52-86(104)135-117)84(121)51-67(57(4)5)94(129)113(7)81(48-58-21-13-11-14-22-58)93(128)110-75(46-61-32-36-65(119)37-33-61)96(131)115-40-19-28-77(115)92(127)109-73(50-63-53-105-70-26-18-17-25-66(63)70)91(126)108-72(45-60-30-34-64(118)35-31-60)90(125)107-71(42-56(2)3)89(124)111-76(83(120)38-39-85(103)122)54-136-55-87(123)106-74(47-62-43-68(100)88(102)69(101)44-62)95(130)114(8)82(97(132)112(78)6)49-59-23-15-12-16-24-59/h11-18,21-26,30-37,43-44,53,56-57,67,71-82,86,105,118-119H,9-10,19-20,27-29,38-42,45-52,54-55,104H2,1-8H3,(H2,103,122)(H,106,123)(H,107,125)(H,108,126)(H,109,127)(H,110,128)(H,111,124)/t67-,71-,72-,73-,74-,75-,76-,77+,78-,79+,80-,81-,82-,86-/m0/s1. The Morgan fingerprint density at radius 2 is 1.02 bits per heavy atom. The van der Waals surface area contributed by atoms with Crippen molar-refractivity contribution in [2.45, 2.75) is 229 Å². The van der Waals surface area contributed by atoms with Gasteiger partial charge in [0.15, 0.2) is 29.0 Å². The summed E-state index contributed by atoms with van der Waals surface area (Å²) in [5.74, 6) is -21.4. The summed E-state index contributed by atoms with van der Waals surface area (Å²) in [6.07, 6.45) is -2.07. The molecule has 0 radical (unpaired) electrons. The average Bonchev–Trinajstić information content (AvgIpc) is 1.62. The molecule has 14 atom stereocenters. The van der Waals surface area contributed by atoms with E-state index < -0.39 is 239 Å². The maximum atomic E-state index is 15.8. The second-order valence-corrected chi connectivity index (χ2v) is 37.3.